The molecule has 3 amide bonds. The summed E-state index contributed by atoms with van der Waals surface area (Å²) in [6.45, 7) is 4.63. The second kappa shape index (κ2) is 15.6. The fourth-order valence-corrected chi connectivity index (χ4v) is 4.97. The maximum absolute atomic E-state index is 13.5. The highest BCUT2D eigenvalue weighted by molar-refractivity contribution is 6.30. The summed E-state index contributed by atoms with van der Waals surface area (Å²) in [4.78, 5) is 41.4. The summed E-state index contributed by atoms with van der Waals surface area (Å²) in [6.07, 6.45) is 2.11. The van der Waals surface area contributed by atoms with E-state index in [1.807, 2.05) is 44.2 Å². The van der Waals surface area contributed by atoms with E-state index < -0.39 is 30.6 Å². The van der Waals surface area contributed by atoms with Crippen LogP contribution < -0.4 is 20.7 Å². The number of nitrogens with zero attached hydrogens (tertiary/aromatic N) is 1. The van der Waals surface area contributed by atoms with Crippen molar-refractivity contribution in [2.45, 2.75) is 57.7 Å². The molecule has 0 unspecified atom stereocenters. The zero-order chi connectivity index (χ0) is 29.1. The molecule has 1 aliphatic rings. The second-order valence-corrected chi connectivity index (χ2v) is 11.0. The van der Waals surface area contributed by atoms with Crippen LogP contribution in [-0.2, 0) is 27.2 Å². The fourth-order valence-electron chi connectivity index (χ4n) is 4.76. The van der Waals surface area contributed by atoms with Gasteiger partial charge in [-0.05, 0) is 54.5 Å². The number of aliphatic hydroxyl groups excluding tert-OH is 1. The SMILES string of the molecule is CC(C)C[C@@H]1NCCOc2ccccc2CCCNC(=O)[C@H](Cc2cccc(Cl)c2)NC(=O)[C@H](CO)N(C)C1=O. The van der Waals surface area contributed by atoms with Gasteiger partial charge in [0.2, 0.25) is 17.7 Å². The molecule has 10 heteroatoms. The number of ether oxygens (including phenoxy) is 1. The number of benzene rings is 2. The molecule has 4 N–H and O–H groups in total. The number of para-hydroxylation sites is 1. The molecule has 1 aliphatic heterocycles. The number of hydrogen-bond acceptors (Lipinski definition) is 6. The molecule has 0 bridgehead atoms. The average Bonchev–Trinajstić information content (AvgIpc) is 2.92. The predicted octanol–water partition coefficient (Wildman–Crippen LogP) is 2.33. The van der Waals surface area contributed by atoms with Crippen molar-refractivity contribution in [1.29, 1.82) is 0 Å². The van der Waals surface area contributed by atoms with E-state index in [4.69, 9.17) is 16.3 Å². The zero-order valence-electron chi connectivity index (χ0n) is 23.5. The lowest BCUT2D eigenvalue weighted by Gasteiger charge is -2.31. The maximum Gasteiger partial charge on any atom is 0.245 e. The van der Waals surface area contributed by atoms with Gasteiger partial charge in [0.25, 0.3) is 0 Å². The van der Waals surface area contributed by atoms with Crippen LogP contribution in [0.3, 0.4) is 0 Å². The Balaban J connectivity index is 1.88. The van der Waals surface area contributed by atoms with Crippen molar-refractivity contribution in [3.8, 4) is 5.75 Å². The van der Waals surface area contributed by atoms with Gasteiger partial charge in [-0.2, -0.15) is 0 Å². The van der Waals surface area contributed by atoms with Crippen LogP contribution in [0.4, 0.5) is 0 Å². The van der Waals surface area contributed by atoms with Crippen molar-refractivity contribution >= 4 is 29.3 Å². The maximum atomic E-state index is 13.5. The Bertz CT molecular complexity index is 1140. The van der Waals surface area contributed by atoms with Gasteiger partial charge in [-0.3, -0.25) is 14.4 Å². The van der Waals surface area contributed by atoms with E-state index in [9.17, 15) is 19.5 Å². The number of rotatable bonds is 5. The molecule has 3 rings (SSSR count). The molecule has 9 nitrogen and oxygen atoms in total. The topological polar surface area (TPSA) is 120 Å². The smallest absolute Gasteiger partial charge is 0.245 e. The number of carbonyl (C=O) groups excluding carboxylic acids is 3. The summed E-state index contributed by atoms with van der Waals surface area (Å²) in [6, 6.07) is 12.2. The Kier molecular flexibility index (Phi) is 12.2. The fraction of sp³-hybridized carbons (Fsp3) is 0.500. The Morgan fingerprint density at radius 1 is 1.05 bits per heavy atom. The van der Waals surface area contributed by atoms with Gasteiger partial charge in [-0.1, -0.05) is 55.8 Å². The van der Waals surface area contributed by atoms with Crippen LogP contribution in [0.15, 0.2) is 48.5 Å². The largest absolute Gasteiger partial charge is 0.492 e. The van der Waals surface area contributed by atoms with Gasteiger partial charge in [-0.15, -0.1) is 0 Å². The van der Waals surface area contributed by atoms with Crippen molar-refractivity contribution in [3.63, 3.8) is 0 Å². The van der Waals surface area contributed by atoms with Gasteiger partial charge in [0.15, 0.2) is 0 Å². The molecule has 0 fully saturated rings. The minimum Gasteiger partial charge on any atom is -0.492 e. The van der Waals surface area contributed by atoms with Crippen molar-refractivity contribution in [3.05, 3.63) is 64.7 Å². The van der Waals surface area contributed by atoms with Gasteiger partial charge in [0.05, 0.1) is 12.6 Å². The van der Waals surface area contributed by atoms with Gasteiger partial charge < -0.3 is 30.7 Å². The zero-order valence-corrected chi connectivity index (χ0v) is 24.2. The second-order valence-electron chi connectivity index (χ2n) is 10.5. The van der Waals surface area contributed by atoms with E-state index in [1.54, 1.807) is 18.2 Å². The van der Waals surface area contributed by atoms with Crippen LogP contribution in [0.1, 0.15) is 37.8 Å². The first-order chi connectivity index (χ1) is 19.2. The van der Waals surface area contributed by atoms with Crippen LogP contribution in [0, 0.1) is 5.92 Å². The quantitative estimate of drug-likeness (QED) is 0.437. The summed E-state index contributed by atoms with van der Waals surface area (Å²) < 4.78 is 6.03. The third-order valence-corrected chi connectivity index (χ3v) is 7.14. The standard InChI is InChI=1S/C30H41ClN4O5/c1-20(2)16-25-30(39)35(3)26(19-36)29(38)34-24(18-21-8-6-11-23(31)17-21)28(37)33-13-7-10-22-9-4-5-12-27(22)40-15-14-32-25/h4-6,8-9,11-12,17,20,24-26,32,36H,7,10,13-16,18-19H2,1-3H3,(H,33,37)(H,34,38)/t24-,25-,26-/m0/s1. The molecule has 1 heterocycles. The summed E-state index contributed by atoms with van der Waals surface area (Å²) in [5.74, 6) is -0.306. The number of carbonyl (C=O) groups is 3. The van der Waals surface area contributed by atoms with E-state index in [-0.39, 0.29) is 24.2 Å². The monoisotopic (exact) mass is 572 g/mol. The van der Waals surface area contributed by atoms with Gasteiger partial charge in [-0.25, -0.2) is 0 Å². The van der Waals surface area contributed by atoms with Crippen LogP contribution in [-0.4, -0.2) is 79.2 Å². The highest BCUT2D eigenvalue weighted by Gasteiger charge is 2.33. The van der Waals surface area contributed by atoms with Gasteiger partial charge in [0, 0.05) is 31.6 Å². The molecule has 0 spiro atoms. The van der Waals surface area contributed by atoms with Crippen molar-refractivity contribution < 1.29 is 24.2 Å². The summed E-state index contributed by atoms with van der Waals surface area (Å²) in [5.41, 5.74) is 1.80. The number of nitrogens with one attached hydrogen (secondary N) is 3. The van der Waals surface area contributed by atoms with Crippen LogP contribution in [0.25, 0.3) is 0 Å². The molecular weight excluding hydrogens is 532 g/mol. The number of fused-ring (bicyclic) bond motifs is 1. The summed E-state index contributed by atoms with van der Waals surface area (Å²) in [5, 5.41) is 19.6. The summed E-state index contributed by atoms with van der Waals surface area (Å²) >= 11 is 6.15. The van der Waals surface area contributed by atoms with Gasteiger partial charge >= 0.3 is 0 Å². The lowest BCUT2D eigenvalue weighted by atomic mass is 10.0. The third kappa shape index (κ3) is 9.21. The molecule has 0 aromatic heterocycles. The van der Waals surface area contributed by atoms with Crippen LogP contribution in [0.2, 0.25) is 5.02 Å². The molecule has 0 saturated heterocycles. The molecule has 0 saturated carbocycles. The minimum atomic E-state index is -1.17. The molecule has 0 radical (unpaired) electrons. The molecule has 218 valence electrons. The lowest BCUT2D eigenvalue weighted by Crippen LogP contribution is -2.58. The third-order valence-electron chi connectivity index (χ3n) is 6.90. The number of hydrogen-bond donors (Lipinski definition) is 4. The number of halogens is 1. The summed E-state index contributed by atoms with van der Waals surface area (Å²) in [7, 11) is 1.49. The molecule has 2 aromatic rings. The van der Waals surface area contributed by atoms with Crippen molar-refractivity contribution in [2.24, 2.45) is 5.92 Å². The first kappa shape index (κ1) is 31.4. The van der Waals surface area contributed by atoms with E-state index in [1.165, 1.54) is 11.9 Å². The molecule has 0 aliphatic carbocycles. The van der Waals surface area contributed by atoms with E-state index >= 15 is 0 Å². The van der Waals surface area contributed by atoms with Crippen LogP contribution >= 0.6 is 11.6 Å². The Morgan fingerprint density at radius 2 is 1.82 bits per heavy atom. The Morgan fingerprint density at radius 3 is 2.55 bits per heavy atom. The lowest BCUT2D eigenvalue weighted by molar-refractivity contribution is -0.143. The number of likely N-dealkylation sites (N-methyl/N-ethyl adjacent to an activating group) is 1. The number of aryl methyl sites for hydroxylation is 1. The molecule has 3 atom stereocenters. The molecule has 40 heavy (non-hydrogen) atoms. The van der Waals surface area contributed by atoms with Crippen molar-refractivity contribution in [1.82, 2.24) is 20.9 Å². The van der Waals surface area contributed by atoms with Gasteiger partial charge in [0.1, 0.15) is 24.4 Å². The highest BCUT2D eigenvalue weighted by Crippen LogP contribution is 2.20. The minimum absolute atomic E-state index is 0.197. The average molecular weight is 573 g/mol. The predicted molar refractivity (Wildman–Crippen MR) is 155 cm³/mol. The first-order valence-corrected chi connectivity index (χ1v) is 14.2. The molecule has 2 aromatic carbocycles. The Labute approximate surface area is 241 Å². The number of amides is 3. The number of aliphatic hydroxyl groups is 1. The van der Waals surface area contributed by atoms with E-state index in [0.717, 1.165) is 16.9 Å². The normalized spacial score (nSPS) is 22.0. The van der Waals surface area contributed by atoms with Crippen LogP contribution in [0.5, 0.6) is 5.75 Å². The Hall–Kier alpha value is -3.14. The van der Waals surface area contributed by atoms with Crippen molar-refractivity contribution in [2.75, 3.05) is 33.4 Å². The van der Waals surface area contributed by atoms with E-state index in [0.29, 0.717) is 44.0 Å². The highest BCUT2D eigenvalue weighted by atomic mass is 35.5. The van der Waals surface area contributed by atoms with E-state index in [2.05, 4.69) is 16.0 Å². The first-order valence-electron chi connectivity index (χ1n) is 13.8. The molecular formula is C30H41ClN4O5.